The topological polar surface area (TPSA) is 207 Å². The van der Waals surface area contributed by atoms with E-state index < -0.39 is 48.6 Å². The second-order valence-corrected chi connectivity index (χ2v) is 14.6. The summed E-state index contributed by atoms with van der Waals surface area (Å²) in [5.74, 6) is -0.506. The lowest BCUT2D eigenvalue weighted by Crippen LogP contribution is -2.56. The van der Waals surface area contributed by atoms with E-state index in [1.165, 1.54) is 23.5 Å². The Kier molecular flexibility index (Phi) is 17.5. The van der Waals surface area contributed by atoms with Gasteiger partial charge in [0.25, 0.3) is 0 Å². The molecule has 4 unspecified atom stereocenters. The van der Waals surface area contributed by atoms with Gasteiger partial charge in [-0.15, -0.1) is 23.5 Å². The monoisotopic (exact) mass is 794 g/mol. The van der Waals surface area contributed by atoms with Crippen LogP contribution in [0.2, 0.25) is 0 Å². The fraction of sp³-hybridized carbons (Fsp3) is 0.474. The molecule has 0 saturated carbocycles. The van der Waals surface area contributed by atoms with E-state index >= 15 is 0 Å². The van der Waals surface area contributed by atoms with Crippen LogP contribution in [0.5, 0.6) is 5.75 Å². The number of aliphatic hydroxyl groups is 1. The van der Waals surface area contributed by atoms with E-state index in [9.17, 15) is 14.7 Å². The predicted octanol–water partition coefficient (Wildman–Crippen LogP) is 7.45. The van der Waals surface area contributed by atoms with Crippen LogP contribution in [0, 0.1) is 11.8 Å². The summed E-state index contributed by atoms with van der Waals surface area (Å²) >= 11 is 2.98. The number of rotatable bonds is 14. The summed E-state index contributed by atoms with van der Waals surface area (Å²) in [7, 11) is 1.61. The number of nitrogens with zero attached hydrogens (tertiary/aromatic N) is 6. The number of carbonyl (C=O) groups excluding carboxylic acids is 2. The molecule has 294 valence electrons. The van der Waals surface area contributed by atoms with Gasteiger partial charge in [-0.25, -0.2) is 9.59 Å². The van der Waals surface area contributed by atoms with E-state index in [-0.39, 0.29) is 42.4 Å². The average Bonchev–Trinajstić information content (AvgIpc) is 3.22. The Morgan fingerprint density at radius 1 is 0.727 bits per heavy atom. The van der Waals surface area contributed by atoms with Crippen LogP contribution in [0.4, 0.5) is 0 Å². The third-order valence-corrected chi connectivity index (χ3v) is 11.2. The third kappa shape index (κ3) is 12.0. The van der Waals surface area contributed by atoms with E-state index in [4.69, 9.17) is 39.5 Å². The largest absolute Gasteiger partial charge is 0.497 e. The molecule has 55 heavy (non-hydrogen) atoms. The standard InChI is InChI=1S/C23H27N3O5S.C15H19N3O4S/c1-15-20(31-22(27)17-7-5-4-6-8-17)21(19(13-25-26-24)30-23(15)32-3)29-14-16-9-11-18(28-2)12-10-16;1-9-13(22-14(20)10-6-4-3-5-7-10)12(19)11(8-17-18-16)21-15(9)23-2/h4-12,15,19-21,23H,13-14H2,1-3H3;3-7,9,11-13,15,19H,8H2,1-2H3/t15?,19?,20-,21+,23-;9?,11?,12-,13+,15+/m01/s1. The molecule has 3 aromatic rings. The van der Waals surface area contributed by atoms with Crippen LogP contribution in [0.25, 0.3) is 20.9 Å². The van der Waals surface area contributed by atoms with E-state index in [1.54, 1.807) is 55.6 Å². The van der Waals surface area contributed by atoms with Crippen LogP contribution in [0.15, 0.2) is 95.2 Å². The van der Waals surface area contributed by atoms with Gasteiger partial charge in [-0.1, -0.05) is 72.6 Å². The second-order valence-electron chi connectivity index (χ2n) is 12.7. The summed E-state index contributed by atoms with van der Waals surface area (Å²) in [5.41, 5.74) is 18.6. The van der Waals surface area contributed by atoms with Gasteiger partial charge in [0.15, 0.2) is 0 Å². The molecule has 2 aliphatic rings. The molecule has 0 spiro atoms. The van der Waals surface area contributed by atoms with Crippen molar-refractivity contribution in [1.82, 2.24) is 0 Å². The molecule has 0 bridgehead atoms. The van der Waals surface area contributed by atoms with Crippen LogP contribution in [-0.4, -0.2) is 97.3 Å². The lowest BCUT2D eigenvalue weighted by atomic mass is 9.92. The van der Waals surface area contributed by atoms with E-state index in [0.717, 1.165) is 11.3 Å². The molecule has 0 radical (unpaired) electrons. The molecule has 2 heterocycles. The number of hydrogen-bond donors (Lipinski definition) is 1. The lowest BCUT2D eigenvalue weighted by Gasteiger charge is -2.44. The van der Waals surface area contributed by atoms with Gasteiger partial charge in [-0.3, -0.25) is 0 Å². The zero-order valence-electron chi connectivity index (χ0n) is 31.2. The van der Waals surface area contributed by atoms with Gasteiger partial charge in [0, 0.05) is 21.7 Å². The van der Waals surface area contributed by atoms with Crippen molar-refractivity contribution in [2.45, 2.75) is 68.0 Å². The number of carbonyl (C=O) groups is 2. The van der Waals surface area contributed by atoms with E-state index in [0.29, 0.717) is 11.1 Å². The van der Waals surface area contributed by atoms with Gasteiger partial charge >= 0.3 is 11.9 Å². The highest BCUT2D eigenvalue weighted by Crippen LogP contribution is 2.36. The summed E-state index contributed by atoms with van der Waals surface area (Å²) in [4.78, 5) is 30.7. The van der Waals surface area contributed by atoms with Crippen molar-refractivity contribution in [1.29, 1.82) is 0 Å². The number of aliphatic hydroxyl groups excluding tert-OH is 1. The van der Waals surface area contributed by atoms with Crippen LogP contribution < -0.4 is 4.74 Å². The van der Waals surface area contributed by atoms with Crippen LogP contribution in [0.3, 0.4) is 0 Å². The van der Waals surface area contributed by atoms with Crippen molar-refractivity contribution in [2.75, 3.05) is 32.7 Å². The fourth-order valence-electron chi connectivity index (χ4n) is 6.17. The first-order valence-corrected chi connectivity index (χ1v) is 20.1. The highest BCUT2D eigenvalue weighted by atomic mass is 32.2. The van der Waals surface area contributed by atoms with Gasteiger partial charge in [0.2, 0.25) is 0 Å². The molecule has 5 rings (SSSR count). The maximum atomic E-state index is 12.8. The van der Waals surface area contributed by atoms with E-state index in [2.05, 4.69) is 20.1 Å². The van der Waals surface area contributed by atoms with Gasteiger partial charge in [-0.05, 0) is 65.5 Å². The Labute approximate surface area is 328 Å². The number of hydrogen-bond acceptors (Lipinski definition) is 13. The zero-order chi connectivity index (χ0) is 39.7. The number of benzene rings is 3. The molecule has 0 amide bonds. The molecular formula is C38H46N6O9S2. The van der Waals surface area contributed by atoms with Crippen molar-refractivity contribution < 1.29 is 43.1 Å². The first-order chi connectivity index (χ1) is 26.6. The fourth-order valence-corrected chi connectivity index (χ4v) is 7.84. The maximum absolute atomic E-state index is 12.8. The molecule has 3 aromatic carbocycles. The molecule has 2 fully saturated rings. The molecule has 17 heteroatoms. The lowest BCUT2D eigenvalue weighted by molar-refractivity contribution is -0.192. The molecule has 2 saturated heterocycles. The molecule has 15 nitrogen and oxygen atoms in total. The minimum atomic E-state index is -1.05. The minimum Gasteiger partial charge on any atom is -0.497 e. The quantitative estimate of drug-likeness (QED) is 0.0734. The molecule has 10 atom stereocenters. The predicted molar refractivity (Wildman–Crippen MR) is 210 cm³/mol. The minimum absolute atomic E-state index is 0.0131. The summed E-state index contributed by atoms with van der Waals surface area (Å²) in [6.45, 7) is 4.17. The van der Waals surface area contributed by atoms with E-state index in [1.807, 2.05) is 62.8 Å². The first-order valence-electron chi connectivity index (χ1n) is 17.5. The molecular weight excluding hydrogens is 749 g/mol. The smallest absolute Gasteiger partial charge is 0.338 e. The van der Waals surface area contributed by atoms with Crippen molar-refractivity contribution in [2.24, 2.45) is 22.1 Å². The van der Waals surface area contributed by atoms with Crippen molar-refractivity contribution in [3.8, 4) is 5.75 Å². The Bertz CT molecular complexity index is 1750. The second kappa shape index (κ2) is 22.2. The Morgan fingerprint density at radius 3 is 1.69 bits per heavy atom. The van der Waals surface area contributed by atoms with Gasteiger partial charge in [0.05, 0.1) is 50.1 Å². The number of azide groups is 2. The van der Waals surface area contributed by atoms with Crippen molar-refractivity contribution in [3.63, 3.8) is 0 Å². The van der Waals surface area contributed by atoms with Crippen LogP contribution in [0.1, 0.15) is 40.1 Å². The number of ether oxygens (including phenoxy) is 6. The number of thioether (sulfide) groups is 2. The van der Waals surface area contributed by atoms with Crippen LogP contribution in [-0.2, 0) is 30.3 Å². The molecule has 1 N–H and O–H groups in total. The van der Waals surface area contributed by atoms with Gasteiger partial charge in [-0.2, -0.15) is 0 Å². The number of esters is 2. The van der Waals surface area contributed by atoms with Gasteiger partial charge in [0.1, 0.15) is 41.0 Å². The summed E-state index contributed by atoms with van der Waals surface area (Å²) in [6.07, 6.45) is -0.404. The van der Waals surface area contributed by atoms with Crippen molar-refractivity contribution >= 4 is 35.5 Å². The Morgan fingerprint density at radius 2 is 1.20 bits per heavy atom. The highest BCUT2D eigenvalue weighted by molar-refractivity contribution is 7.99. The molecule has 2 aliphatic heterocycles. The summed E-state index contributed by atoms with van der Waals surface area (Å²) < 4.78 is 34.8. The zero-order valence-corrected chi connectivity index (χ0v) is 32.8. The Balaban J connectivity index is 0.000000258. The highest BCUT2D eigenvalue weighted by Gasteiger charge is 2.47. The molecule has 0 aliphatic carbocycles. The van der Waals surface area contributed by atoms with Gasteiger partial charge < -0.3 is 33.5 Å². The first kappa shape index (κ1) is 43.3. The maximum Gasteiger partial charge on any atom is 0.338 e. The average molecular weight is 795 g/mol. The summed E-state index contributed by atoms with van der Waals surface area (Å²) in [5, 5.41) is 17.6. The summed E-state index contributed by atoms with van der Waals surface area (Å²) in [6, 6.07) is 25.0. The van der Waals surface area contributed by atoms with Crippen molar-refractivity contribution in [3.05, 3.63) is 123 Å². The SMILES string of the molecule is COc1ccc(CO[C@@H]2C(CN=[N+]=[N-])O[C@@H](SC)C(C)[C@@H]2OC(=O)c2ccccc2)cc1.CS[C@@H]1OC(CN=[N+]=[N-])[C@@H](O)[C@@H](OC(=O)c2ccccc2)C1C. The Hall–Kier alpha value is -4.44. The molecule has 0 aromatic heterocycles. The normalized spacial score (nSPS) is 27.2. The van der Waals surface area contributed by atoms with Crippen LogP contribution >= 0.6 is 23.5 Å². The third-order valence-electron chi connectivity index (χ3n) is 9.14. The number of methoxy groups -OCH3 is 1.